The minimum atomic E-state index is -0.300. The molecule has 0 saturated heterocycles. The monoisotopic (exact) mass is 312 g/mol. The van der Waals surface area contributed by atoms with E-state index in [9.17, 15) is 0 Å². The highest BCUT2D eigenvalue weighted by atomic mass is 32.1. The van der Waals surface area contributed by atoms with Crippen LogP contribution in [-0.4, -0.2) is 17.1 Å². The lowest BCUT2D eigenvalue weighted by molar-refractivity contribution is -0.0142. The summed E-state index contributed by atoms with van der Waals surface area (Å²) in [6, 6.07) is 0. The van der Waals surface area contributed by atoms with E-state index in [4.69, 9.17) is 9.72 Å². The Morgan fingerprint density at radius 1 is 1.19 bits per heavy atom. The van der Waals surface area contributed by atoms with Crippen molar-refractivity contribution in [2.45, 2.75) is 79.5 Å². The molecule has 0 aliphatic rings. The van der Waals surface area contributed by atoms with Gasteiger partial charge in [-0.15, -0.1) is 11.3 Å². The fraction of sp³-hybridized carbons (Fsp3) is 0.824. The molecule has 4 heteroatoms. The van der Waals surface area contributed by atoms with Gasteiger partial charge in [0, 0.05) is 23.6 Å². The van der Waals surface area contributed by atoms with E-state index in [1.54, 1.807) is 11.3 Å². The molecule has 0 atom stereocenters. The first-order valence-corrected chi connectivity index (χ1v) is 8.75. The van der Waals surface area contributed by atoms with E-state index in [-0.39, 0.29) is 11.1 Å². The molecule has 0 spiro atoms. The van der Waals surface area contributed by atoms with Crippen molar-refractivity contribution in [2.75, 3.05) is 6.61 Å². The molecule has 21 heavy (non-hydrogen) atoms. The van der Waals surface area contributed by atoms with Gasteiger partial charge >= 0.3 is 0 Å². The Morgan fingerprint density at radius 2 is 1.81 bits per heavy atom. The molecule has 0 aliphatic carbocycles. The van der Waals surface area contributed by atoms with Crippen LogP contribution < -0.4 is 5.32 Å². The van der Waals surface area contributed by atoms with Crippen LogP contribution in [0.4, 0.5) is 0 Å². The van der Waals surface area contributed by atoms with Crippen molar-refractivity contribution in [3.8, 4) is 0 Å². The summed E-state index contributed by atoms with van der Waals surface area (Å²) in [5.74, 6) is 0.614. The predicted octanol–water partition coefficient (Wildman–Crippen LogP) is 4.50. The molecular weight excluding hydrogens is 280 g/mol. The number of hydrogen-bond acceptors (Lipinski definition) is 4. The van der Waals surface area contributed by atoms with Gasteiger partial charge in [-0.25, -0.2) is 4.98 Å². The highest BCUT2D eigenvalue weighted by Crippen LogP contribution is 2.32. The Balaban J connectivity index is 3.01. The van der Waals surface area contributed by atoms with Crippen LogP contribution >= 0.6 is 11.3 Å². The van der Waals surface area contributed by atoms with Crippen LogP contribution in [0.5, 0.6) is 0 Å². The Morgan fingerprint density at radius 3 is 2.29 bits per heavy atom. The van der Waals surface area contributed by atoms with Crippen molar-refractivity contribution in [1.82, 2.24) is 10.3 Å². The molecule has 0 aliphatic heterocycles. The fourth-order valence-electron chi connectivity index (χ4n) is 2.09. The molecule has 0 amide bonds. The highest BCUT2D eigenvalue weighted by molar-refractivity contribution is 7.11. The number of thiazole rings is 1. The number of aromatic nitrogens is 1. The van der Waals surface area contributed by atoms with E-state index in [0.717, 1.165) is 18.0 Å². The van der Waals surface area contributed by atoms with E-state index >= 15 is 0 Å². The molecule has 1 N–H and O–H groups in total. The van der Waals surface area contributed by atoms with Crippen LogP contribution in [0.2, 0.25) is 0 Å². The maximum atomic E-state index is 5.86. The van der Waals surface area contributed by atoms with E-state index in [0.29, 0.717) is 12.5 Å². The summed E-state index contributed by atoms with van der Waals surface area (Å²) >= 11 is 1.79. The second-order valence-electron chi connectivity index (χ2n) is 7.53. The van der Waals surface area contributed by atoms with Gasteiger partial charge in [0.05, 0.1) is 5.69 Å². The van der Waals surface area contributed by atoms with Gasteiger partial charge in [-0.1, -0.05) is 13.8 Å². The molecule has 0 bridgehead atoms. The zero-order valence-corrected chi connectivity index (χ0v) is 15.8. The van der Waals surface area contributed by atoms with Crippen molar-refractivity contribution in [3.63, 3.8) is 0 Å². The van der Waals surface area contributed by atoms with Gasteiger partial charge in [-0.3, -0.25) is 0 Å². The van der Waals surface area contributed by atoms with Gasteiger partial charge in [0.2, 0.25) is 0 Å². The molecule has 122 valence electrons. The summed E-state index contributed by atoms with van der Waals surface area (Å²) < 4.78 is 5.86. The molecule has 0 saturated carbocycles. The Labute approximate surface area is 134 Å². The molecule has 0 aromatic carbocycles. The third-order valence-electron chi connectivity index (χ3n) is 3.18. The number of hydrogen-bond donors (Lipinski definition) is 1. The summed E-state index contributed by atoms with van der Waals surface area (Å²) in [7, 11) is 0. The quantitative estimate of drug-likeness (QED) is 0.805. The van der Waals surface area contributed by atoms with Gasteiger partial charge in [0.25, 0.3) is 0 Å². The molecule has 3 nitrogen and oxygen atoms in total. The second kappa shape index (κ2) is 7.21. The van der Waals surface area contributed by atoms with Gasteiger partial charge in [0.15, 0.2) is 0 Å². The predicted molar refractivity (Wildman–Crippen MR) is 91.9 cm³/mol. The van der Waals surface area contributed by atoms with Gasteiger partial charge in [0.1, 0.15) is 10.6 Å². The van der Waals surface area contributed by atoms with Crippen molar-refractivity contribution >= 4 is 11.3 Å². The second-order valence-corrected chi connectivity index (χ2v) is 8.62. The summed E-state index contributed by atoms with van der Waals surface area (Å²) in [6.45, 7) is 18.9. The minimum Gasteiger partial charge on any atom is -0.369 e. The number of ether oxygens (including phenoxy) is 1. The standard InChI is InChI=1S/C17H32N2OS/c1-9-20-17(7,8)15-19-13(10-12(2)3)14(21-15)11-18-16(4,5)6/h12,18H,9-11H2,1-8H3. The van der Waals surface area contributed by atoms with Gasteiger partial charge in [-0.2, -0.15) is 0 Å². The van der Waals surface area contributed by atoms with Gasteiger partial charge in [-0.05, 0) is 53.9 Å². The number of rotatable bonds is 7. The van der Waals surface area contributed by atoms with Crippen LogP contribution in [0.25, 0.3) is 0 Å². The first-order valence-electron chi connectivity index (χ1n) is 7.93. The van der Waals surface area contributed by atoms with Crippen LogP contribution in [0.15, 0.2) is 0 Å². The molecule has 1 aromatic heterocycles. The molecule has 0 radical (unpaired) electrons. The highest BCUT2D eigenvalue weighted by Gasteiger charge is 2.27. The van der Waals surface area contributed by atoms with Crippen LogP contribution in [0.3, 0.4) is 0 Å². The van der Waals surface area contributed by atoms with E-state index in [1.807, 2.05) is 6.92 Å². The molecule has 1 aromatic rings. The lowest BCUT2D eigenvalue weighted by Gasteiger charge is -2.21. The van der Waals surface area contributed by atoms with Crippen molar-refractivity contribution in [3.05, 3.63) is 15.6 Å². The number of nitrogens with one attached hydrogen (secondary N) is 1. The average Bonchev–Trinajstić information content (AvgIpc) is 2.68. The summed E-state index contributed by atoms with van der Waals surface area (Å²) in [4.78, 5) is 6.24. The largest absolute Gasteiger partial charge is 0.369 e. The molecule has 1 heterocycles. The topological polar surface area (TPSA) is 34.1 Å². The fourth-order valence-corrected chi connectivity index (χ4v) is 3.18. The zero-order chi connectivity index (χ0) is 16.3. The summed E-state index contributed by atoms with van der Waals surface area (Å²) in [6.07, 6.45) is 1.03. The molecule has 0 unspecified atom stereocenters. The molecule has 0 fully saturated rings. The Kier molecular flexibility index (Phi) is 6.38. The number of nitrogens with zero attached hydrogens (tertiary/aromatic N) is 1. The first-order chi connectivity index (χ1) is 9.55. The van der Waals surface area contributed by atoms with Crippen molar-refractivity contribution < 1.29 is 4.74 Å². The third kappa shape index (κ3) is 6.05. The SMILES string of the molecule is CCOC(C)(C)c1nc(CC(C)C)c(CNC(C)(C)C)s1. The maximum Gasteiger partial charge on any atom is 0.125 e. The van der Waals surface area contributed by atoms with Gasteiger partial charge < -0.3 is 10.1 Å². The van der Waals surface area contributed by atoms with E-state index < -0.39 is 0 Å². The normalized spacial score (nSPS) is 13.2. The lowest BCUT2D eigenvalue weighted by atomic mass is 10.1. The minimum absolute atomic E-state index is 0.120. The smallest absolute Gasteiger partial charge is 0.125 e. The zero-order valence-electron chi connectivity index (χ0n) is 15.0. The first kappa shape index (κ1) is 18.6. The maximum absolute atomic E-state index is 5.86. The third-order valence-corrected chi connectivity index (χ3v) is 4.58. The summed E-state index contributed by atoms with van der Waals surface area (Å²) in [5, 5.41) is 4.67. The van der Waals surface area contributed by atoms with Crippen LogP contribution in [0, 0.1) is 5.92 Å². The molecular formula is C17H32N2OS. The average molecular weight is 313 g/mol. The van der Waals surface area contributed by atoms with E-state index in [2.05, 4.69) is 53.8 Å². The molecule has 1 rings (SSSR count). The van der Waals surface area contributed by atoms with Crippen LogP contribution in [-0.2, 0) is 23.3 Å². The van der Waals surface area contributed by atoms with Crippen LogP contribution in [0.1, 0.15) is 71.0 Å². The lowest BCUT2D eigenvalue weighted by Crippen LogP contribution is -2.35. The van der Waals surface area contributed by atoms with Crippen molar-refractivity contribution in [1.29, 1.82) is 0 Å². The van der Waals surface area contributed by atoms with Crippen molar-refractivity contribution in [2.24, 2.45) is 5.92 Å². The Hall–Kier alpha value is -0.450. The Bertz CT molecular complexity index is 444. The van der Waals surface area contributed by atoms with E-state index in [1.165, 1.54) is 10.6 Å². The summed E-state index contributed by atoms with van der Waals surface area (Å²) in [5.41, 5.74) is 1.05.